The van der Waals surface area contributed by atoms with Crippen LogP contribution in [0.5, 0.6) is 11.6 Å². The number of phenolic OH excluding ortho intramolecular Hbond substituents is 1. The summed E-state index contributed by atoms with van der Waals surface area (Å²) in [4.78, 5) is 11.2. The SMILES string of the molecule is CC1(C)Oc2nc(C(F)(F)F)nc(N)c2N=C1c1ccc(C2CCCCC2)c(O)c1. The molecule has 0 saturated heterocycles. The number of benzene rings is 1. The zero-order valence-corrected chi connectivity index (χ0v) is 16.8. The first-order valence-corrected chi connectivity index (χ1v) is 9.92. The van der Waals surface area contributed by atoms with Crippen molar-refractivity contribution in [2.45, 2.75) is 63.6 Å². The van der Waals surface area contributed by atoms with Crippen LogP contribution in [0.4, 0.5) is 24.7 Å². The van der Waals surface area contributed by atoms with Crippen molar-refractivity contribution < 1.29 is 23.0 Å². The minimum Gasteiger partial charge on any atom is -0.508 e. The molecule has 1 aliphatic heterocycles. The quantitative estimate of drug-likeness (QED) is 0.703. The first-order chi connectivity index (χ1) is 14.1. The van der Waals surface area contributed by atoms with Gasteiger partial charge in [0.2, 0.25) is 11.7 Å². The summed E-state index contributed by atoms with van der Waals surface area (Å²) in [6, 6.07) is 5.36. The lowest BCUT2D eigenvalue weighted by molar-refractivity contribution is -0.145. The Balaban J connectivity index is 1.75. The smallest absolute Gasteiger partial charge is 0.451 e. The van der Waals surface area contributed by atoms with Gasteiger partial charge >= 0.3 is 6.18 Å². The van der Waals surface area contributed by atoms with Gasteiger partial charge in [-0.15, -0.1) is 0 Å². The first-order valence-electron chi connectivity index (χ1n) is 9.92. The average molecular weight is 420 g/mol. The van der Waals surface area contributed by atoms with Gasteiger partial charge in [0.1, 0.15) is 11.4 Å². The molecule has 1 aromatic carbocycles. The third-order valence-corrected chi connectivity index (χ3v) is 5.63. The van der Waals surface area contributed by atoms with Crippen LogP contribution >= 0.6 is 0 Å². The molecule has 0 unspecified atom stereocenters. The van der Waals surface area contributed by atoms with Gasteiger partial charge in [-0.25, -0.2) is 9.98 Å². The zero-order chi connectivity index (χ0) is 21.7. The van der Waals surface area contributed by atoms with E-state index in [1.54, 1.807) is 19.9 Å². The van der Waals surface area contributed by atoms with Crippen LogP contribution in [0.1, 0.15) is 68.8 Å². The molecule has 0 amide bonds. The second-order valence-corrected chi connectivity index (χ2v) is 8.27. The summed E-state index contributed by atoms with van der Waals surface area (Å²) in [5.74, 6) is -1.59. The zero-order valence-electron chi connectivity index (χ0n) is 16.8. The predicted octanol–water partition coefficient (Wildman–Crippen LogP) is 5.12. The van der Waals surface area contributed by atoms with Crippen LogP contribution in [0, 0.1) is 0 Å². The number of aliphatic imine (C=N–C) groups is 1. The standard InChI is InChI=1S/C21H23F3N4O2/c1-20(2)16(12-8-9-13(14(29)10-12)11-6-4-3-5-7-11)26-15-17(25)27-19(21(22,23)24)28-18(15)30-20/h8-11,29H,3-7H2,1-2H3,(H2,25,27,28). The van der Waals surface area contributed by atoms with E-state index >= 15 is 0 Å². The molecule has 6 nitrogen and oxygen atoms in total. The van der Waals surface area contributed by atoms with E-state index in [0.717, 1.165) is 31.2 Å². The number of hydrogen-bond acceptors (Lipinski definition) is 6. The number of fused-ring (bicyclic) bond motifs is 1. The minimum atomic E-state index is -4.75. The molecule has 3 N–H and O–H groups in total. The molecule has 160 valence electrons. The molecule has 0 bridgehead atoms. The molecule has 30 heavy (non-hydrogen) atoms. The number of aromatic hydroxyl groups is 1. The van der Waals surface area contributed by atoms with Crippen molar-refractivity contribution in [3.8, 4) is 11.6 Å². The van der Waals surface area contributed by atoms with Gasteiger partial charge in [0.15, 0.2) is 11.5 Å². The predicted molar refractivity (Wildman–Crippen MR) is 106 cm³/mol. The molecule has 1 saturated carbocycles. The molecule has 1 fully saturated rings. The summed E-state index contributed by atoms with van der Waals surface area (Å²) in [6.45, 7) is 3.35. The van der Waals surface area contributed by atoms with Crippen LogP contribution in [0.15, 0.2) is 23.2 Å². The Morgan fingerprint density at radius 3 is 2.47 bits per heavy atom. The van der Waals surface area contributed by atoms with E-state index in [0.29, 0.717) is 17.2 Å². The summed E-state index contributed by atoms with van der Waals surface area (Å²) >= 11 is 0. The van der Waals surface area contributed by atoms with Gasteiger partial charge < -0.3 is 15.6 Å². The van der Waals surface area contributed by atoms with E-state index in [9.17, 15) is 18.3 Å². The number of halogens is 3. The van der Waals surface area contributed by atoms with Crippen LogP contribution in [0.25, 0.3) is 0 Å². The topological polar surface area (TPSA) is 93.6 Å². The summed E-state index contributed by atoms with van der Waals surface area (Å²) in [7, 11) is 0. The number of nitrogen functional groups attached to an aromatic ring is 1. The summed E-state index contributed by atoms with van der Waals surface area (Å²) in [5.41, 5.74) is 6.53. The molecule has 0 spiro atoms. The Kier molecular flexibility index (Phi) is 4.86. The lowest BCUT2D eigenvalue weighted by Gasteiger charge is -2.32. The van der Waals surface area contributed by atoms with E-state index in [-0.39, 0.29) is 17.3 Å². The number of hydrogen-bond donors (Lipinski definition) is 2. The number of alkyl halides is 3. The van der Waals surface area contributed by atoms with Crippen molar-refractivity contribution >= 4 is 17.2 Å². The molecular formula is C21H23F3N4O2. The molecule has 2 aliphatic rings. The highest BCUT2D eigenvalue weighted by molar-refractivity contribution is 6.09. The Bertz CT molecular complexity index is 1010. The van der Waals surface area contributed by atoms with Crippen molar-refractivity contribution in [1.29, 1.82) is 0 Å². The van der Waals surface area contributed by atoms with Crippen LogP contribution < -0.4 is 10.5 Å². The highest BCUT2D eigenvalue weighted by Crippen LogP contribution is 2.43. The van der Waals surface area contributed by atoms with E-state index in [2.05, 4.69) is 15.0 Å². The fourth-order valence-corrected chi connectivity index (χ4v) is 4.15. The maximum Gasteiger partial charge on any atom is 0.451 e. The van der Waals surface area contributed by atoms with Crippen LogP contribution in [-0.2, 0) is 6.18 Å². The van der Waals surface area contributed by atoms with Crippen molar-refractivity contribution in [3.05, 3.63) is 35.2 Å². The van der Waals surface area contributed by atoms with Crippen molar-refractivity contribution in [2.24, 2.45) is 4.99 Å². The van der Waals surface area contributed by atoms with Gasteiger partial charge in [-0.2, -0.15) is 18.2 Å². The third-order valence-electron chi connectivity index (χ3n) is 5.63. The van der Waals surface area contributed by atoms with Gasteiger partial charge in [-0.05, 0) is 44.2 Å². The molecule has 0 atom stereocenters. The largest absolute Gasteiger partial charge is 0.508 e. The highest BCUT2D eigenvalue weighted by atomic mass is 19.4. The van der Waals surface area contributed by atoms with Crippen molar-refractivity contribution in [2.75, 3.05) is 5.73 Å². The highest BCUT2D eigenvalue weighted by Gasteiger charge is 2.40. The van der Waals surface area contributed by atoms with Crippen LogP contribution in [-0.4, -0.2) is 26.4 Å². The number of phenols is 1. The van der Waals surface area contributed by atoms with Crippen LogP contribution in [0.3, 0.4) is 0 Å². The van der Waals surface area contributed by atoms with Crippen molar-refractivity contribution in [3.63, 3.8) is 0 Å². The Labute approximate surface area is 172 Å². The monoisotopic (exact) mass is 420 g/mol. The van der Waals surface area contributed by atoms with E-state index < -0.39 is 23.4 Å². The summed E-state index contributed by atoms with van der Waals surface area (Å²) in [6.07, 6.45) is 0.860. The lowest BCUT2D eigenvalue weighted by atomic mass is 9.82. The number of rotatable bonds is 2. The molecule has 1 aromatic heterocycles. The van der Waals surface area contributed by atoms with Gasteiger partial charge in [-0.1, -0.05) is 31.4 Å². The van der Waals surface area contributed by atoms with E-state index in [4.69, 9.17) is 10.5 Å². The van der Waals surface area contributed by atoms with Gasteiger partial charge in [-0.3, -0.25) is 0 Å². The second kappa shape index (κ2) is 7.14. The van der Waals surface area contributed by atoms with Gasteiger partial charge in [0.05, 0.1) is 5.71 Å². The van der Waals surface area contributed by atoms with Crippen LogP contribution in [0.2, 0.25) is 0 Å². The Morgan fingerprint density at radius 2 is 1.83 bits per heavy atom. The first kappa shape index (κ1) is 20.4. The lowest BCUT2D eigenvalue weighted by Crippen LogP contribution is -2.41. The molecular weight excluding hydrogens is 397 g/mol. The minimum absolute atomic E-state index is 0.0480. The number of nitrogens with two attached hydrogens (primary N) is 1. The molecule has 4 rings (SSSR count). The normalized spacial score (nSPS) is 19.0. The summed E-state index contributed by atoms with van der Waals surface area (Å²) < 4.78 is 44.8. The number of anilines is 1. The summed E-state index contributed by atoms with van der Waals surface area (Å²) in [5, 5.41) is 10.7. The molecule has 9 heteroatoms. The molecule has 2 heterocycles. The van der Waals surface area contributed by atoms with E-state index in [1.165, 1.54) is 6.42 Å². The number of aromatic nitrogens is 2. The fraction of sp³-hybridized carbons (Fsp3) is 0.476. The maximum atomic E-state index is 13.0. The average Bonchev–Trinajstić information content (AvgIpc) is 2.66. The Hall–Kier alpha value is -2.84. The molecule has 0 radical (unpaired) electrons. The fourth-order valence-electron chi connectivity index (χ4n) is 4.15. The second-order valence-electron chi connectivity index (χ2n) is 8.27. The number of nitrogens with zero attached hydrogens (tertiary/aromatic N) is 3. The Morgan fingerprint density at radius 1 is 1.13 bits per heavy atom. The maximum absolute atomic E-state index is 13.0. The van der Waals surface area contributed by atoms with Gasteiger partial charge in [0, 0.05) is 5.56 Å². The van der Waals surface area contributed by atoms with Crippen molar-refractivity contribution in [1.82, 2.24) is 9.97 Å². The third kappa shape index (κ3) is 3.68. The number of ether oxygens (including phenoxy) is 1. The molecule has 2 aromatic rings. The van der Waals surface area contributed by atoms with E-state index in [1.807, 2.05) is 12.1 Å². The molecule has 1 aliphatic carbocycles. The van der Waals surface area contributed by atoms with Gasteiger partial charge in [0.25, 0.3) is 0 Å².